The molecule has 0 amide bonds. The first-order chi connectivity index (χ1) is 8.25. The van der Waals surface area contributed by atoms with Crippen molar-refractivity contribution in [3.8, 4) is 17.1 Å². The highest BCUT2D eigenvalue weighted by atomic mass is 16.3. The molecule has 3 aromatic rings. The van der Waals surface area contributed by atoms with Crippen LogP contribution in [0.5, 0.6) is 5.75 Å². The molecule has 3 rings (SSSR count). The number of phenols is 1. The molecule has 0 atom stereocenters. The lowest BCUT2D eigenvalue weighted by atomic mass is 10.1. The molecular weight excluding hydrogens is 222 g/mol. The summed E-state index contributed by atoms with van der Waals surface area (Å²) in [6.07, 6.45) is 3.99. The van der Waals surface area contributed by atoms with Gasteiger partial charge in [0.05, 0.1) is 11.6 Å². The van der Waals surface area contributed by atoms with E-state index >= 15 is 0 Å². The van der Waals surface area contributed by atoms with Crippen LogP contribution in [-0.2, 0) is 0 Å². The van der Waals surface area contributed by atoms with Crippen molar-refractivity contribution in [2.45, 2.75) is 0 Å². The summed E-state index contributed by atoms with van der Waals surface area (Å²) in [5, 5.41) is 9.67. The minimum absolute atomic E-state index is 0.0491. The van der Waals surface area contributed by atoms with Gasteiger partial charge in [-0.05, 0) is 12.1 Å². The Morgan fingerprint density at radius 2 is 2.12 bits per heavy atom. The van der Waals surface area contributed by atoms with Crippen LogP contribution in [0.4, 0.5) is 0 Å². The van der Waals surface area contributed by atoms with Gasteiger partial charge in [-0.15, -0.1) is 0 Å². The van der Waals surface area contributed by atoms with Gasteiger partial charge in [-0.1, -0.05) is 0 Å². The Morgan fingerprint density at radius 3 is 2.88 bits per heavy atom. The second-order valence-electron chi connectivity index (χ2n) is 3.52. The van der Waals surface area contributed by atoms with Crippen molar-refractivity contribution in [2.75, 3.05) is 0 Å². The quantitative estimate of drug-likeness (QED) is 0.691. The van der Waals surface area contributed by atoms with Crippen molar-refractivity contribution in [1.82, 2.24) is 4.98 Å². The summed E-state index contributed by atoms with van der Waals surface area (Å²) >= 11 is 0. The Balaban J connectivity index is 2.34. The standard InChI is InChI=1S/C12H7NO4/c14-7-1-2-8-10(3-7)16-5-9(12(8)15)11-4-13-6-17-11/h1-6,14H. The highest BCUT2D eigenvalue weighted by Crippen LogP contribution is 2.21. The molecule has 0 unspecified atom stereocenters. The Morgan fingerprint density at radius 1 is 1.24 bits per heavy atom. The third kappa shape index (κ3) is 1.48. The third-order valence-electron chi connectivity index (χ3n) is 2.46. The van der Waals surface area contributed by atoms with E-state index in [-0.39, 0.29) is 11.2 Å². The summed E-state index contributed by atoms with van der Waals surface area (Å²) in [5.74, 6) is 0.404. The Hall–Kier alpha value is -2.56. The number of fused-ring (bicyclic) bond motifs is 1. The first-order valence-electron chi connectivity index (χ1n) is 4.89. The van der Waals surface area contributed by atoms with Crippen molar-refractivity contribution in [2.24, 2.45) is 0 Å². The van der Waals surface area contributed by atoms with E-state index in [0.29, 0.717) is 22.3 Å². The molecule has 0 aliphatic heterocycles. The summed E-state index contributed by atoms with van der Waals surface area (Å²) < 4.78 is 10.3. The van der Waals surface area contributed by atoms with Gasteiger partial charge in [-0.3, -0.25) is 4.79 Å². The number of benzene rings is 1. The van der Waals surface area contributed by atoms with Gasteiger partial charge in [0.25, 0.3) is 0 Å². The molecule has 5 heteroatoms. The van der Waals surface area contributed by atoms with E-state index in [9.17, 15) is 9.90 Å². The zero-order valence-electron chi connectivity index (χ0n) is 8.58. The second-order valence-corrected chi connectivity index (χ2v) is 3.52. The normalized spacial score (nSPS) is 10.8. The first-order valence-corrected chi connectivity index (χ1v) is 4.89. The molecule has 1 aromatic carbocycles. The van der Waals surface area contributed by atoms with Gasteiger partial charge in [0.15, 0.2) is 12.2 Å². The van der Waals surface area contributed by atoms with E-state index in [1.807, 2.05) is 0 Å². The van der Waals surface area contributed by atoms with E-state index < -0.39 is 0 Å². The topological polar surface area (TPSA) is 76.5 Å². The molecule has 2 heterocycles. The predicted octanol–water partition coefficient (Wildman–Crippen LogP) is 2.15. The van der Waals surface area contributed by atoms with Gasteiger partial charge in [0, 0.05) is 6.07 Å². The van der Waals surface area contributed by atoms with E-state index in [0.717, 1.165) is 0 Å². The molecule has 0 saturated heterocycles. The lowest BCUT2D eigenvalue weighted by Gasteiger charge is -1.99. The van der Waals surface area contributed by atoms with Gasteiger partial charge in [0.2, 0.25) is 5.43 Å². The summed E-state index contributed by atoms with van der Waals surface area (Å²) in [7, 11) is 0. The molecule has 1 N–H and O–H groups in total. The molecule has 0 radical (unpaired) electrons. The maximum Gasteiger partial charge on any atom is 0.203 e. The fourth-order valence-corrected chi connectivity index (χ4v) is 1.64. The third-order valence-corrected chi connectivity index (χ3v) is 2.46. The lowest BCUT2D eigenvalue weighted by molar-refractivity contribution is 0.474. The van der Waals surface area contributed by atoms with Gasteiger partial charge in [-0.25, -0.2) is 4.98 Å². The summed E-state index contributed by atoms with van der Waals surface area (Å²) in [5.41, 5.74) is 0.418. The van der Waals surface area contributed by atoms with E-state index in [4.69, 9.17) is 8.83 Å². The van der Waals surface area contributed by atoms with Crippen LogP contribution in [-0.4, -0.2) is 10.1 Å². The summed E-state index contributed by atoms with van der Waals surface area (Å²) in [4.78, 5) is 15.9. The molecule has 0 bridgehead atoms. The minimum Gasteiger partial charge on any atom is -0.508 e. The van der Waals surface area contributed by atoms with E-state index in [2.05, 4.69) is 4.98 Å². The number of hydrogen-bond donors (Lipinski definition) is 1. The Bertz CT molecular complexity index is 728. The highest BCUT2D eigenvalue weighted by molar-refractivity contribution is 5.81. The number of aromatic hydroxyl groups is 1. The minimum atomic E-state index is -0.219. The van der Waals surface area contributed by atoms with Gasteiger partial charge in [-0.2, -0.15) is 0 Å². The van der Waals surface area contributed by atoms with E-state index in [1.165, 1.54) is 37.1 Å². The van der Waals surface area contributed by atoms with Crippen LogP contribution in [0.15, 0.2) is 50.7 Å². The maximum atomic E-state index is 12.1. The van der Waals surface area contributed by atoms with Crippen molar-refractivity contribution < 1.29 is 13.9 Å². The Labute approximate surface area is 94.9 Å². The van der Waals surface area contributed by atoms with Crippen molar-refractivity contribution in [3.05, 3.63) is 47.3 Å². The fourth-order valence-electron chi connectivity index (χ4n) is 1.64. The van der Waals surface area contributed by atoms with Crippen LogP contribution in [0.3, 0.4) is 0 Å². The van der Waals surface area contributed by atoms with Crippen LogP contribution in [0, 0.1) is 0 Å². The average Bonchev–Trinajstić information content (AvgIpc) is 2.82. The van der Waals surface area contributed by atoms with Gasteiger partial charge >= 0.3 is 0 Å². The maximum absolute atomic E-state index is 12.1. The number of oxazole rings is 1. The van der Waals surface area contributed by atoms with Crippen LogP contribution in [0.1, 0.15) is 0 Å². The Kier molecular flexibility index (Phi) is 1.98. The second kappa shape index (κ2) is 3.48. The molecule has 2 aromatic heterocycles. The van der Waals surface area contributed by atoms with Gasteiger partial charge < -0.3 is 13.9 Å². The molecule has 0 aliphatic carbocycles. The molecular formula is C12H7NO4. The predicted molar refractivity (Wildman–Crippen MR) is 59.6 cm³/mol. The lowest BCUT2D eigenvalue weighted by Crippen LogP contribution is -2.03. The largest absolute Gasteiger partial charge is 0.508 e. The number of hydrogen-bond acceptors (Lipinski definition) is 5. The number of aromatic nitrogens is 1. The number of rotatable bonds is 1. The summed E-state index contributed by atoms with van der Waals surface area (Å²) in [6, 6.07) is 4.33. The molecule has 0 fully saturated rings. The van der Waals surface area contributed by atoms with Crippen molar-refractivity contribution in [1.29, 1.82) is 0 Å². The van der Waals surface area contributed by atoms with Crippen molar-refractivity contribution in [3.63, 3.8) is 0 Å². The van der Waals surface area contributed by atoms with Crippen LogP contribution < -0.4 is 5.43 Å². The molecule has 5 nitrogen and oxygen atoms in total. The smallest absolute Gasteiger partial charge is 0.203 e. The zero-order chi connectivity index (χ0) is 11.8. The average molecular weight is 229 g/mol. The van der Waals surface area contributed by atoms with Crippen LogP contribution in [0.2, 0.25) is 0 Å². The molecule has 0 saturated carbocycles. The van der Waals surface area contributed by atoms with Crippen LogP contribution >= 0.6 is 0 Å². The molecule has 17 heavy (non-hydrogen) atoms. The molecule has 0 spiro atoms. The summed E-state index contributed by atoms with van der Waals surface area (Å²) in [6.45, 7) is 0. The fraction of sp³-hybridized carbons (Fsp3) is 0. The highest BCUT2D eigenvalue weighted by Gasteiger charge is 2.11. The van der Waals surface area contributed by atoms with Gasteiger partial charge in [0.1, 0.15) is 23.2 Å². The molecule has 0 aliphatic rings. The number of nitrogens with zero attached hydrogens (tertiary/aromatic N) is 1. The molecule has 84 valence electrons. The monoisotopic (exact) mass is 229 g/mol. The van der Waals surface area contributed by atoms with E-state index in [1.54, 1.807) is 0 Å². The SMILES string of the molecule is O=c1c(-c2cnco2)coc2cc(O)ccc12. The first kappa shape index (κ1) is 9.65. The van der Waals surface area contributed by atoms with Crippen molar-refractivity contribution >= 4 is 11.0 Å². The van der Waals surface area contributed by atoms with Crippen LogP contribution in [0.25, 0.3) is 22.3 Å². The number of phenolic OH excluding ortho intramolecular Hbond substituents is 1. The zero-order valence-corrected chi connectivity index (χ0v) is 8.58.